The van der Waals surface area contributed by atoms with E-state index in [0.29, 0.717) is 18.7 Å². The monoisotopic (exact) mass is 360 g/mol. The van der Waals surface area contributed by atoms with Gasteiger partial charge in [-0.3, -0.25) is 14.5 Å². The summed E-state index contributed by atoms with van der Waals surface area (Å²) >= 11 is 0. The largest absolute Gasteiger partial charge is 0.481 e. The zero-order valence-electron chi connectivity index (χ0n) is 15.4. The highest BCUT2D eigenvalue weighted by atomic mass is 16.4. The van der Waals surface area contributed by atoms with Crippen molar-refractivity contribution in [3.05, 3.63) is 18.3 Å². The lowest BCUT2D eigenvalue weighted by Crippen LogP contribution is -2.45. The van der Waals surface area contributed by atoms with Gasteiger partial charge in [-0.1, -0.05) is 6.92 Å². The average Bonchev–Trinajstić information content (AvgIpc) is 2.62. The summed E-state index contributed by atoms with van der Waals surface area (Å²) in [5.41, 5.74) is 0.676. The molecule has 3 heterocycles. The Bertz CT molecular complexity index is 628. The number of carbonyl (C=O) groups excluding carboxylic acids is 1. The predicted octanol–water partition coefficient (Wildman–Crippen LogP) is 2.05. The molecule has 0 aliphatic carbocycles. The molecule has 0 aromatic carbocycles. The number of anilines is 2. The van der Waals surface area contributed by atoms with Crippen LogP contribution in [0.1, 0.15) is 32.6 Å². The minimum Gasteiger partial charge on any atom is -0.481 e. The van der Waals surface area contributed by atoms with Crippen LogP contribution in [0.25, 0.3) is 0 Å². The predicted molar refractivity (Wildman–Crippen MR) is 100 cm³/mol. The third-order valence-corrected chi connectivity index (χ3v) is 5.16. The van der Waals surface area contributed by atoms with Crippen LogP contribution in [-0.2, 0) is 9.59 Å². The van der Waals surface area contributed by atoms with Gasteiger partial charge in [-0.2, -0.15) is 0 Å². The molecule has 0 saturated carbocycles. The molecule has 7 nitrogen and oxygen atoms in total. The quantitative estimate of drug-likeness (QED) is 0.836. The van der Waals surface area contributed by atoms with Gasteiger partial charge in [0.05, 0.1) is 24.3 Å². The van der Waals surface area contributed by atoms with Gasteiger partial charge in [0.15, 0.2) is 0 Å². The molecule has 2 atom stereocenters. The number of nitrogens with one attached hydrogen (secondary N) is 1. The van der Waals surface area contributed by atoms with Gasteiger partial charge in [0.2, 0.25) is 5.91 Å². The Morgan fingerprint density at radius 1 is 1.23 bits per heavy atom. The van der Waals surface area contributed by atoms with Crippen LogP contribution in [0.3, 0.4) is 0 Å². The van der Waals surface area contributed by atoms with Crippen molar-refractivity contribution in [3.63, 3.8) is 0 Å². The molecule has 2 saturated heterocycles. The lowest BCUT2D eigenvalue weighted by atomic mass is 9.90. The van der Waals surface area contributed by atoms with E-state index < -0.39 is 11.9 Å². The first-order chi connectivity index (χ1) is 12.5. The Labute approximate surface area is 154 Å². The molecule has 2 unspecified atom stereocenters. The van der Waals surface area contributed by atoms with Crippen LogP contribution in [-0.4, -0.2) is 59.6 Å². The van der Waals surface area contributed by atoms with Crippen molar-refractivity contribution in [2.75, 3.05) is 42.9 Å². The third kappa shape index (κ3) is 4.94. The van der Waals surface area contributed by atoms with Gasteiger partial charge < -0.3 is 15.3 Å². The second kappa shape index (κ2) is 8.49. The standard InChI is InChI=1S/C19H28N4O3/c1-14-9-15(19(25)26)12-22(11-14)13-18(24)21-16-5-6-17(20-10-16)23-7-3-2-4-8-23/h5-6,10,14-15H,2-4,7-9,11-13H2,1H3,(H,21,24)(H,25,26). The van der Waals surface area contributed by atoms with Crippen molar-refractivity contribution in [1.29, 1.82) is 0 Å². The van der Waals surface area contributed by atoms with Gasteiger partial charge >= 0.3 is 5.97 Å². The first-order valence-corrected chi connectivity index (χ1v) is 9.47. The number of nitrogens with zero attached hydrogens (tertiary/aromatic N) is 3. The number of amides is 1. The maximum absolute atomic E-state index is 12.3. The zero-order chi connectivity index (χ0) is 18.5. The Hall–Kier alpha value is -2.15. The van der Waals surface area contributed by atoms with E-state index in [1.807, 2.05) is 24.0 Å². The number of aromatic nitrogens is 1. The van der Waals surface area contributed by atoms with E-state index in [0.717, 1.165) is 25.5 Å². The molecular weight excluding hydrogens is 332 g/mol. The molecule has 142 valence electrons. The van der Waals surface area contributed by atoms with Gasteiger partial charge in [-0.25, -0.2) is 4.98 Å². The highest BCUT2D eigenvalue weighted by Crippen LogP contribution is 2.22. The smallest absolute Gasteiger partial charge is 0.307 e. The minimum atomic E-state index is -0.778. The van der Waals surface area contributed by atoms with Crippen molar-refractivity contribution in [1.82, 2.24) is 9.88 Å². The fourth-order valence-corrected chi connectivity index (χ4v) is 3.94. The molecule has 3 rings (SSSR count). The number of carboxylic acid groups (broad SMARTS) is 1. The van der Waals surface area contributed by atoms with Crippen molar-refractivity contribution in [2.45, 2.75) is 32.6 Å². The topological polar surface area (TPSA) is 85.8 Å². The molecule has 2 aliphatic rings. The van der Waals surface area contributed by atoms with Crippen molar-refractivity contribution < 1.29 is 14.7 Å². The SMILES string of the molecule is CC1CC(C(=O)O)CN(CC(=O)Nc2ccc(N3CCCCC3)nc2)C1. The van der Waals surface area contributed by atoms with Crippen LogP contribution < -0.4 is 10.2 Å². The fraction of sp³-hybridized carbons (Fsp3) is 0.632. The minimum absolute atomic E-state index is 0.129. The van der Waals surface area contributed by atoms with E-state index >= 15 is 0 Å². The Morgan fingerprint density at radius 2 is 2.00 bits per heavy atom. The second-order valence-electron chi connectivity index (χ2n) is 7.57. The summed E-state index contributed by atoms with van der Waals surface area (Å²) in [6, 6.07) is 3.83. The number of hydrogen-bond acceptors (Lipinski definition) is 5. The van der Waals surface area contributed by atoms with Crippen molar-refractivity contribution in [3.8, 4) is 0 Å². The lowest BCUT2D eigenvalue weighted by molar-refractivity contribution is -0.144. The van der Waals surface area contributed by atoms with Crippen molar-refractivity contribution >= 4 is 23.4 Å². The Balaban J connectivity index is 1.52. The molecule has 1 aromatic heterocycles. The van der Waals surface area contributed by atoms with Crippen LogP contribution in [0.2, 0.25) is 0 Å². The van der Waals surface area contributed by atoms with Crippen LogP contribution in [0.15, 0.2) is 18.3 Å². The van der Waals surface area contributed by atoms with E-state index in [9.17, 15) is 14.7 Å². The number of carbonyl (C=O) groups is 2. The maximum atomic E-state index is 12.3. The highest BCUT2D eigenvalue weighted by Gasteiger charge is 2.30. The molecule has 2 fully saturated rings. The van der Waals surface area contributed by atoms with E-state index in [-0.39, 0.29) is 18.4 Å². The maximum Gasteiger partial charge on any atom is 0.307 e. The fourth-order valence-electron chi connectivity index (χ4n) is 3.94. The molecule has 0 radical (unpaired) electrons. The summed E-state index contributed by atoms with van der Waals surface area (Å²) in [6.07, 6.45) is 6.05. The molecule has 2 aliphatic heterocycles. The number of aliphatic carboxylic acids is 1. The Morgan fingerprint density at radius 3 is 2.65 bits per heavy atom. The number of hydrogen-bond donors (Lipinski definition) is 2. The van der Waals surface area contributed by atoms with Gasteiger partial charge in [0, 0.05) is 26.2 Å². The van der Waals surface area contributed by atoms with Crippen molar-refractivity contribution in [2.24, 2.45) is 11.8 Å². The van der Waals surface area contributed by atoms with Gasteiger partial charge in [-0.05, 0) is 43.7 Å². The molecular formula is C19H28N4O3. The number of pyridine rings is 1. The van der Waals surface area contributed by atoms with Crippen LogP contribution >= 0.6 is 0 Å². The molecule has 0 spiro atoms. The molecule has 26 heavy (non-hydrogen) atoms. The van der Waals surface area contributed by atoms with E-state index in [2.05, 4.69) is 15.2 Å². The number of carboxylic acids is 1. The van der Waals surface area contributed by atoms with Gasteiger partial charge in [0.25, 0.3) is 0 Å². The average molecular weight is 360 g/mol. The Kier molecular flexibility index (Phi) is 6.08. The van der Waals surface area contributed by atoms with E-state index in [4.69, 9.17) is 0 Å². The molecule has 1 aromatic rings. The molecule has 1 amide bonds. The van der Waals surface area contributed by atoms with Crippen LogP contribution in [0.5, 0.6) is 0 Å². The number of rotatable bonds is 5. The third-order valence-electron chi connectivity index (χ3n) is 5.16. The summed E-state index contributed by atoms with van der Waals surface area (Å²) in [5.74, 6) is -0.0627. The second-order valence-corrected chi connectivity index (χ2v) is 7.57. The zero-order valence-corrected chi connectivity index (χ0v) is 15.4. The normalized spacial score (nSPS) is 24.3. The lowest BCUT2D eigenvalue weighted by Gasteiger charge is -2.34. The molecule has 7 heteroatoms. The summed E-state index contributed by atoms with van der Waals surface area (Å²) in [7, 11) is 0. The summed E-state index contributed by atoms with van der Waals surface area (Å²) in [4.78, 5) is 32.2. The first-order valence-electron chi connectivity index (χ1n) is 9.47. The van der Waals surface area contributed by atoms with E-state index in [1.165, 1.54) is 19.3 Å². The number of likely N-dealkylation sites (tertiary alicyclic amines) is 1. The molecule has 2 N–H and O–H groups in total. The molecule has 0 bridgehead atoms. The summed E-state index contributed by atoms with van der Waals surface area (Å²) < 4.78 is 0. The number of piperidine rings is 2. The highest BCUT2D eigenvalue weighted by molar-refractivity contribution is 5.92. The van der Waals surface area contributed by atoms with Crippen LogP contribution in [0, 0.1) is 11.8 Å². The van der Waals surface area contributed by atoms with Gasteiger partial charge in [-0.15, -0.1) is 0 Å². The van der Waals surface area contributed by atoms with E-state index in [1.54, 1.807) is 6.20 Å². The summed E-state index contributed by atoms with van der Waals surface area (Å²) in [5, 5.41) is 12.1. The van der Waals surface area contributed by atoms with Gasteiger partial charge in [0.1, 0.15) is 5.82 Å². The van der Waals surface area contributed by atoms with Crippen LogP contribution in [0.4, 0.5) is 11.5 Å². The first kappa shape index (κ1) is 18.6. The summed E-state index contributed by atoms with van der Waals surface area (Å²) in [6.45, 7) is 5.50.